The predicted molar refractivity (Wildman–Crippen MR) is 76.5 cm³/mol. The average Bonchev–Trinajstić information content (AvgIpc) is 2.29. The topological polar surface area (TPSA) is 55.1 Å². The smallest absolute Gasteiger partial charge is 0.251 e. The lowest BCUT2D eigenvalue weighted by Gasteiger charge is -2.29. The number of anilines is 1. The lowest BCUT2D eigenvalue weighted by atomic mass is 9.81. The third-order valence-electron chi connectivity index (χ3n) is 3.81. The molecule has 3 heteroatoms. The van der Waals surface area contributed by atoms with Crippen LogP contribution < -0.4 is 11.1 Å². The van der Waals surface area contributed by atoms with Crippen molar-refractivity contribution in [3.63, 3.8) is 0 Å². The number of nitrogens with one attached hydrogen (secondary N) is 1. The van der Waals surface area contributed by atoms with E-state index in [0.717, 1.165) is 5.56 Å². The zero-order chi connectivity index (χ0) is 13.9. The number of nitrogens with two attached hydrogens (primary N) is 1. The zero-order valence-corrected chi connectivity index (χ0v) is 12.0. The molecule has 1 rings (SSSR count). The summed E-state index contributed by atoms with van der Waals surface area (Å²) in [7, 11) is 0. The molecule has 3 nitrogen and oxygen atoms in total. The van der Waals surface area contributed by atoms with Crippen LogP contribution in [0.4, 0.5) is 5.69 Å². The van der Waals surface area contributed by atoms with Crippen LogP contribution in [0.5, 0.6) is 0 Å². The molecule has 18 heavy (non-hydrogen) atoms. The molecule has 0 aromatic heterocycles. The molecule has 1 amide bonds. The number of nitrogen functional groups attached to an aromatic ring is 1. The Morgan fingerprint density at radius 3 is 2.50 bits per heavy atom. The maximum atomic E-state index is 12.0. The van der Waals surface area contributed by atoms with E-state index in [1.807, 2.05) is 19.1 Å². The van der Waals surface area contributed by atoms with Crippen LogP contribution in [0.15, 0.2) is 18.2 Å². The van der Waals surface area contributed by atoms with Crippen molar-refractivity contribution >= 4 is 11.6 Å². The van der Waals surface area contributed by atoms with E-state index < -0.39 is 0 Å². The second-order valence-corrected chi connectivity index (χ2v) is 5.90. The Morgan fingerprint density at radius 1 is 1.39 bits per heavy atom. The van der Waals surface area contributed by atoms with Crippen LogP contribution in [0.25, 0.3) is 0 Å². The highest BCUT2D eigenvalue weighted by molar-refractivity contribution is 5.95. The van der Waals surface area contributed by atoms with Gasteiger partial charge in [-0.1, -0.05) is 33.8 Å². The van der Waals surface area contributed by atoms with Crippen LogP contribution >= 0.6 is 0 Å². The summed E-state index contributed by atoms with van der Waals surface area (Å²) in [5.74, 6) is 0.455. The van der Waals surface area contributed by atoms with Crippen molar-refractivity contribution in [1.29, 1.82) is 0 Å². The van der Waals surface area contributed by atoms with Crippen LogP contribution in [-0.4, -0.2) is 12.5 Å². The summed E-state index contributed by atoms with van der Waals surface area (Å²) >= 11 is 0. The van der Waals surface area contributed by atoms with Crippen molar-refractivity contribution in [3.8, 4) is 0 Å². The Morgan fingerprint density at radius 2 is 2.00 bits per heavy atom. The zero-order valence-electron chi connectivity index (χ0n) is 12.0. The van der Waals surface area contributed by atoms with Gasteiger partial charge in [0, 0.05) is 17.8 Å². The van der Waals surface area contributed by atoms with Gasteiger partial charge in [-0.25, -0.2) is 0 Å². The minimum absolute atomic E-state index is 0.0598. The minimum atomic E-state index is -0.0598. The second kappa shape index (κ2) is 5.42. The fraction of sp³-hybridized carbons (Fsp3) is 0.533. The third kappa shape index (κ3) is 3.49. The van der Waals surface area contributed by atoms with Gasteiger partial charge in [0.05, 0.1) is 0 Å². The van der Waals surface area contributed by atoms with Gasteiger partial charge in [0.1, 0.15) is 0 Å². The van der Waals surface area contributed by atoms with Crippen molar-refractivity contribution < 1.29 is 4.79 Å². The highest BCUT2D eigenvalue weighted by Crippen LogP contribution is 2.24. The van der Waals surface area contributed by atoms with Gasteiger partial charge in [-0.2, -0.15) is 0 Å². The van der Waals surface area contributed by atoms with E-state index in [9.17, 15) is 4.79 Å². The molecule has 3 N–H and O–H groups in total. The molecule has 0 bridgehead atoms. The molecule has 0 atom stereocenters. The quantitative estimate of drug-likeness (QED) is 0.805. The van der Waals surface area contributed by atoms with E-state index >= 15 is 0 Å². The van der Waals surface area contributed by atoms with E-state index in [2.05, 4.69) is 33.0 Å². The van der Waals surface area contributed by atoms with Crippen molar-refractivity contribution in [2.45, 2.75) is 34.6 Å². The molecule has 0 aliphatic heterocycles. The van der Waals surface area contributed by atoms with E-state index in [0.29, 0.717) is 23.7 Å². The molecule has 0 saturated heterocycles. The van der Waals surface area contributed by atoms with E-state index in [1.54, 1.807) is 6.07 Å². The lowest BCUT2D eigenvalue weighted by Crippen LogP contribution is -2.37. The number of hydrogen-bond donors (Lipinski definition) is 2. The number of amides is 1. The Labute approximate surface area is 110 Å². The summed E-state index contributed by atoms with van der Waals surface area (Å²) in [5.41, 5.74) is 8.17. The number of aryl methyl sites for hydroxylation is 1. The summed E-state index contributed by atoms with van der Waals surface area (Å²) in [6.07, 6.45) is 0. The molecule has 0 heterocycles. The monoisotopic (exact) mass is 248 g/mol. The molecule has 0 unspecified atom stereocenters. The molecule has 100 valence electrons. The van der Waals surface area contributed by atoms with Crippen LogP contribution in [0.1, 0.15) is 43.6 Å². The highest BCUT2D eigenvalue weighted by atomic mass is 16.1. The molecule has 0 fully saturated rings. The normalized spacial score (nSPS) is 11.7. The Bertz CT molecular complexity index is 436. The van der Waals surface area contributed by atoms with Crippen molar-refractivity contribution in [2.75, 3.05) is 12.3 Å². The predicted octanol–water partition coefficient (Wildman–Crippen LogP) is 2.99. The fourth-order valence-corrected chi connectivity index (χ4v) is 1.40. The van der Waals surface area contributed by atoms with Gasteiger partial charge in [-0.3, -0.25) is 4.79 Å². The van der Waals surface area contributed by atoms with E-state index in [4.69, 9.17) is 5.73 Å². The van der Waals surface area contributed by atoms with Gasteiger partial charge in [0.2, 0.25) is 0 Å². The molecule has 0 radical (unpaired) electrons. The Hall–Kier alpha value is -1.51. The van der Waals surface area contributed by atoms with Gasteiger partial charge in [-0.05, 0) is 36.0 Å². The Balaban J connectivity index is 2.69. The van der Waals surface area contributed by atoms with Crippen LogP contribution in [-0.2, 0) is 0 Å². The minimum Gasteiger partial charge on any atom is -0.398 e. The molecular weight excluding hydrogens is 224 g/mol. The summed E-state index contributed by atoms with van der Waals surface area (Å²) in [6, 6.07) is 5.41. The van der Waals surface area contributed by atoms with Crippen LogP contribution in [0.3, 0.4) is 0 Å². The average molecular weight is 248 g/mol. The Kier molecular flexibility index (Phi) is 4.38. The second-order valence-electron chi connectivity index (χ2n) is 5.90. The number of carbonyl (C=O) groups is 1. The van der Waals surface area contributed by atoms with Gasteiger partial charge >= 0.3 is 0 Å². The van der Waals surface area contributed by atoms with E-state index in [1.165, 1.54) is 0 Å². The SMILES string of the molecule is Cc1ccc(C(=O)NCC(C)(C)C(C)C)cc1N. The summed E-state index contributed by atoms with van der Waals surface area (Å²) < 4.78 is 0. The van der Waals surface area contributed by atoms with Gasteiger partial charge in [0.25, 0.3) is 5.91 Å². The maximum Gasteiger partial charge on any atom is 0.251 e. The first-order valence-electron chi connectivity index (χ1n) is 6.38. The third-order valence-corrected chi connectivity index (χ3v) is 3.81. The molecule has 0 spiro atoms. The molecule has 0 saturated carbocycles. The molecular formula is C15H24N2O. The summed E-state index contributed by atoms with van der Waals surface area (Å²) in [5, 5.41) is 2.97. The van der Waals surface area contributed by atoms with Gasteiger partial charge in [-0.15, -0.1) is 0 Å². The first-order valence-corrected chi connectivity index (χ1v) is 6.38. The molecule has 0 aliphatic carbocycles. The largest absolute Gasteiger partial charge is 0.398 e. The number of hydrogen-bond acceptors (Lipinski definition) is 2. The van der Waals surface area contributed by atoms with Gasteiger partial charge in [0.15, 0.2) is 0 Å². The maximum absolute atomic E-state index is 12.0. The number of carbonyl (C=O) groups excluding carboxylic acids is 1. The fourth-order valence-electron chi connectivity index (χ4n) is 1.40. The summed E-state index contributed by atoms with van der Waals surface area (Å²) in [6.45, 7) is 11.2. The van der Waals surface area contributed by atoms with Crippen LogP contribution in [0.2, 0.25) is 0 Å². The molecule has 1 aromatic rings. The van der Waals surface area contributed by atoms with Crippen molar-refractivity contribution in [3.05, 3.63) is 29.3 Å². The van der Waals surface area contributed by atoms with Crippen molar-refractivity contribution in [2.24, 2.45) is 11.3 Å². The summed E-state index contributed by atoms with van der Waals surface area (Å²) in [4.78, 5) is 12.0. The first kappa shape index (κ1) is 14.6. The van der Waals surface area contributed by atoms with Crippen molar-refractivity contribution in [1.82, 2.24) is 5.32 Å². The molecule has 0 aliphatic rings. The molecule has 1 aromatic carbocycles. The van der Waals surface area contributed by atoms with Gasteiger partial charge < -0.3 is 11.1 Å². The van der Waals surface area contributed by atoms with Crippen LogP contribution in [0, 0.1) is 18.3 Å². The first-order chi connectivity index (χ1) is 8.24. The standard InChI is InChI=1S/C15H24N2O/c1-10(2)15(4,5)9-17-14(18)12-7-6-11(3)13(16)8-12/h6-8,10H,9,16H2,1-5H3,(H,17,18). The van der Waals surface area contributed by atoms with E-state index in [-0.39, 0.29) is 11.3 Å². The highest BCUT2D eigenvalue weighted by Gasteiger charge is 2.23. The number of benzene rings is 1. The number of rotatable bonds is 4. The lowest BCUT2D eigenvalue weighted by molar-refractivity contribution is 0.0925.